The third kappa shape index (κ3) is 1.84. The Kier molecular flexibility index (Phi) is 2.62. The summed E-state index contributed by atoms with van der Waals surface area (Å²) >= 11 is 0. The number of aryl methyl sites for hydroxylation is 1. The summed E-state index contributed by atoms with van der Waals surface area (Å²) in [7, 11) is 0. The van der Waals surface area contributed by atoms with Crippen molar-refractivity contribution in [3.05, 3.63) is 48.2 Å². The molecule has 0 saturated heterocycles. The number of non-ortho nitro benzene ring substituents is 2. The average Bonchev–Trinajstić information content (AvgIpc) is 2.62. The van der Waals surface area contributed by atoms with Crippen LogP contribution in [0.5, 0.6) is 0 Å². The van der Waals surface area contributed by atoms with Crippen LogP contribution in [0.1, 0.15) is 5.69 Å². The summed E-state index contributed by atoms with van der Waals surface area (Å²) in [5.41, 5.74) is -1.54. The van der Waals surface area contributed by atoms with Crippen LogP contribution < -0.4 is 0 Å². The molecular weight excluding hydrogens is 260 g/mol. The maximum Gasteiger partial charge on any atom is 0.300 e. The van der Waals surface area contributed by atoms with Crippen molar-refractivity contribution in [2.45, 2.75) is 6.92 Å². The molecule has 0 fully saturated rings. The molecular formula is C9H6N4O6. The number of hydrogen-bond acceptors (Lipinski definition) is 6. The number of nitrogens with zero attached hydrogens (tertiary/aromatic N) is 3. The van der Waals surface area contributed by atoms with Crippen molar-refractivity contribution < 1.29 is 14.8 Å². The van der Waals surface area contributed by atoms with Crippen molar-refractivity contribution in [2.24, 2.45) is 0 Å². The second kappa shape index (κ2) is 4.01. The van der Waals surface area contributed by atoms with Gasteiger partial charge in [-0.15, -0.1) is 0 Å². The van der Waals surface area contributed by atoms with Crippen LogP contribution >= 0.6 is 0 Å². The lowest BCUT2D eigenvalue weighted by molar-refractivity contribution is -0.393. The molecule has 2 rings (SSSR count). The summed E-state index contributed by atoms with van der Waals surface area (Å²) in [5.74, 6) is 0. The minimum absolute atomic E-state index is 0.0974. The number of nitrogens with one attached hydrogen (secondary N) is 1. The lowest BCUT2D eigenvalue weighted by atomic mass is 10.2. The number of nitro benzene ring substituents is 2. The fraction of sp³-hybridized carbons (Fsp3) is 0.111. The van der Waals surface area contributed by atoms with Crippen molar-refractivity contribution in [1.29, 1.82) is 0 Å². The van der Waals surface area contributed by atoms with Gasteiger partial charge in [-0.1, -0.05) is 0 Å². The normalized spacial score (nSPS) is 10.6. The highest BCUT2D eigenvalue weighted by atomic mass is 16.6. The Labute approximate surface area is 104 Å². The topological polar surface area (TPSA) is 145 Å². The molecule has 1 aromatic heterocycles. The van der Waals surface area contributed by atoms with Crippen molar-refractivity contribution in [2.75, 3.05) is 0 Å². The monoisotopic (exact) mass is 266 g/mol. The fourth-order valence-corrected chi connectivity index (χ4v) is 1.86. The van der Waals surface area contributed by atoms with Crippen molar-refractivity contribution in [3.8, 4) is 0 Å². The summed E-state index contributed by atoms with van der Waals surface area (Å²) in [6.45, 7) is 1.37. The smallest absolute Gasteiger partial charge is 0.300 e. The van der Waals surface area contributed by atoms with Gasteiger partial charge in [0, 0.05) is 6.07 Å². The van der Waals surface area contributed by atoms with E-state index in [4.69, 9.17) is 0 Å². The van der Waals surface area contributed by atoms with E-state index in [0.29, 0.717) is 0 Å². The van der Waals surface area contributed by atoms with Crippen LogP contribution in [0.15, 0.2) is 12.1 Å². The Morgan fingerprint density at radius 2 is 1.63 bits per heavy atom. The number of fused-ring (bicyclic) bond motifs is 1. The molecule has 1 N–H and O–H groups in total. The first-order chi connectivity index (χ1) is 8.82. The summed E-state index contributed by atoms with van der Waals surface area (Å²) in [6, 6.07) is 1.71. The molecule has 2 aromatic rings. The number of aromatic amines is 1. The number of benzene rings is 1. The molecule has 0 aliphatic rings. The Morgan fingerprint density at radius 3 is 2.11 bits per heavy atom. The molecule has 0 saturated carbocycles. The Bertz CT molecular complexity index is 734. The molecule has 1 aromatic carbocycles. The summed E-state index contributed by atoms with van der Waals surface area (Å²) < 4.78 is 0. The van der Waals surface area contributed by atoms with Crippen molar-refractivity contribution >= 4 is 28.0 Å². The van der Waals surface area contributed by atoms with Gasteiger partial charge in [0.25, 0.3) is 17.1 Å². The molecule has 10 heteroatoms. The second-order valence-corrected chi connectivity index (χ2v) is 3.76. The van der Waals surface area contributed by atoms with E-state index in [1.54, 1.807) is 0 Å². The Hall–Kier alpha value is -3.04. The fourth-order valence-electron chi connectivity index (χ4n) is 1.86. The molecule has 0 spiro atoms. The molecule has 0 aliphatic heterocycles. The number of hydrogen-bond donors (Lipinski definition) is 1. The van der Waals surface area contributed by atoms with Crippen LogP contribution in [-0.2, 0) is 0 Å². The van der Waals surface area contributed by atoms with Crippen LogP contribution in [0, 0.1) is 37.3 Å². The summed E-state index contributed by atoms with van der Waals surface area (Å²) in [4.78, 5) is 32.6. The first kappa shape index (κ1) is 12.4. The van der Waals surface area contributed by atoms with Gasteiger partial charge in [-0.25, -0.2) is 0 Å². The van der Waals surface area contributed by atoms with Crippen molar-refractivity contribution in [3.63, 3.8) is 0 Å². The highest BCUT2D eigenvalue weighted by Gasteiger charge is 2.28. The van der Waals surface area contributed by atoms with Gasteiger partial charge in [0.15, 0.2) is 0 Å². The molecule has 0 atom stereocenters. The third-order valence-corrected chi connectivity index (χ3v) is 2.62. The Balaban J connectivity index is 2.95. The van der Waals surface area contributed by atoms with Crippen LogP contribution in [-0.4, -0.2) is 19.8 Å². The van der Waals surface area contributed by atoms with E-state index >= 15 is 0 Å². The Morgan fingerprint density at radius 1 is 1.00 bits per heavy atom. The molecule has 0 unspecified atom stereocenters. The zero-order chi connectivity index (χ0) is 14.3. The zero-order valence-corrected chi connectivity index (χ0v) is 9.45. The second-order valence-electron chi connectivity index (χ2n) is 3.76. The predicted octanol–water partition coefficient (Wildman–Crippen LogP) is 2.20. The number of nitro groups is 3. The zero-order valence-electron chi connectivity index (χ0n) is 9.45. The standard InChI is InChI=1S/C9H6N4O6/c1-4-9(13(18)19)6-2-5(11(14)15)3-7(12(16)17)8(6)10-4/h2-3,10H,1H3. The van der Waals surface area contributed by atoms with E-state index in [1.807, 2.05) is 0 Å². The van der Waals surface area contributed by atoms with Gasteiger partial charge in [0.1, 0.15) is 5.52 Å². The summed E-state index contributed by atoms with van der Waals surface area (Å²) in [6.07, 6.45) is 0. The largest absolute Gasteiger partial charge is 0.347 e. The predicted molar refractivity (Wildman–Crippen MR) is 63.0 cm³/mol. The maximum atomic E-state index is 10.9. The third-order valence-electron chi connectivity index (χ3n) is 2.62. The van der Waals surface area contributed by atoms with Gasteiger partial charge in [0.2, 0.25) is 0 Å². The van der Waals surface area contributed by atoms with Crippen LogP contribution in [0.4, 0.5) is 17.1 Å². The van der Waals surface area contributed by atoms with Gasteiger partial charge >= 0.3 is 0 Å². The summed E-state index contributed by atoms with van der Waals surface area (Å²) in [5, 5.41) is 32.3. The number of rotatable bonds is 3. The molecule has 1 heterocycles. The van der Waals surface area contributed by atoms with Gasteiger partial charge in [0.05, 0.1) is 31.9 Å². The van der Waals surface area contributed by atoms with E-state index in [0.717, 1.165) is 12.1 Å². The quantitative estimate of drug-likeness (QED) is 0.665. The molecule has 0 bridgehead atoms. The van der Waals surface area contributed by atoms with Gasteiger partial charge < -0.3 is 4.98 Å². The van der Waals surface area contributed by atoms with Crippen LogP contribution in [0.2, 0.25) is 0 Å². The van der Waals surface area contributed by atoms with Gasteiger partial charge in [-0.05, 0) is 6.92 Å². The minimum Gasteiger partial charge on any atom is -0.347 e. The molecule has 0 aliphatic carbocycles. The molecule has 19 heavy (non-hydrogen) atoms. The maximum absolute atomic E-state index is 10.9. The number of aromatic nitrogens is 1. The van der Waals surface area contributed by atoms with Crippen molar-refractivity contribution in [1.82, 2.24) is 4.98 Å². The van der Waals surface area contributed by atoms with E-state index in [2.05, 4.69) is 4.98 Å². The average molecular weight is 266 g/mol. The first-order valence-electron chi connectivity index (χ1n) is 4.92. The molecule has 0 radical (unpaired) electrons. The first-order valence-corrected chi connectivity index (χ1v) is 4.92. The highest BCUT2D eigenvalue weighted by molar-refractivity contribution is 5.98. The van der Waals surface area contributed by atoms with E-state index in [1.165, 1.54) is 6.92 Å². The van der Waals surface area contributed by atoms with E-state index in [9.17, 15) is 30.3 Å². The molecule has 10 nitrogen and oxygen atoms in total. The minimum atomic E-state index is -0.835. The molecule has 98 valence electrons. The lowest BCUT2D eigenvalue weighted by Crippen LogP contribution is -1.94. The van der Waals surface area contributed by atoms with Gasteiger partial charge in [-0.2, -0.15) is 0 Å². The van der Waals surface area contributed by atoms with E-state index < -0.39 is 31.8 Å². The van der Waals surface area contributed by atoms with Crippen LogP contribution in [0.3, 0.4) is 0 Å². The SMILES string of the molecule is Cc1[nH]c2c([N+](=O)[O-])cc([N+](=O)[O-])cc2c1[N+](=O)[O-]. The number of H-pyrrole nitrogens is 1. The van der Waals surface area contributed by atoms with E-state index in [-0.39, 0.29) is 16.6 Å². The van der Waals surface area contributed by atoms with Crippen LogP contribution in [0.25, 0.3) is 10.9 Å². The molecule has 0 amide bonds. The highest BCUT2D eigenvalue weighted by Crippen LogP contribution is 2.37. The lowest BCUT2D eigenvalue weighted by Gasteiger charge is -1.95. The van der Waals surface area contributed by atoms with Gasteiger partial charge in [-0.3, -0.25) is 30.3 Å².